The normalized spacial score (nSPS) is 13.6. The molecule has 28 heavy (non-hydrogen) atoms. The van der Waals surface area contributed by atoms with Gasteiger partial charge >= 0.3 is 0 Å². The molecule has 0 aromatic rings. The van der Waals surface area contributed by atoms with Crippen molar-refractivity contribution in [2.75, 3.05) is 0 Å². The van der Waals surface area contributed by atoms with Gasteiger partial charge in [-0.1, -0.05) is 68.7 Å². The largest absolute Gasteiger partial charge is 0.474 e. The van der Waals surface area contributed by atoms with Gasteiger partial charge in [-0.3, -0.25) is 9.59 Å². The minimum atomic E-state index is -0.504. The second-order valence-electron chi connectivity index (χ2n) is 7.70. The summed E-state index contributed by atoms with van der Waals surface area (Å²) in [5, 5.41) is 5.97. The topological polar surface area (TPSA) is 67.4 Å². The van der Waals surface area contributed by atoms with E-state index in [-0.39, 0.29) is 30.6 Å². The van der Waals surface area contributed by atoms with Crippen molar-refractivity contribution in [3.05, 3.63) is 12.5 Å². The van der Waals surface area contributed by atoms with Gasteiger partial charge in [0.1, 0.15) is 11.6 Å². The van der Waals surface area contributed by atoms with Crippen molar-refractivity contribution in [2.45, 2.75) is 114 Å². The molecular formula is C23H50N2O3. The van der Waals surface area contributed by atoms with Crippen molar-refractivity contribution in [1.29, 1.82) is 0 Å². The van der Waals surface area contributed by atoms with Gasteiger partial charge in [0, 0.05) is 7.85 Å². The molecule has 5 nitrogen and oxygen atoms in total. The molecule has 0 radical (unpaired) electrons. The number of carbonyl (C=O) groups is 2. The van der Waals surface area contributed by atoms with Crippen molar-refractivity contribution in [2.24, 2.45) is 11.8 Å². The van der Waals surface area contributed by atoms with Crippen molar-refractivity contribution >= 4 is 11.7 Å². The minimum absolute atomic E-state index is 0. The standard InChI is InChI=1S/C19H36N2O3.2C2H6.H2/c1-10-13(5)17(15(22)11-2)21-18(23)16(12(3)4)20-14(6)24-19(7,8)9;2*1-2;/h12-13,16-17,20H,6,10-11H2,1-5,7-9H3,(H,21,23);2*1-2H3;1H/t13?,16?,17-;;;/m0.../s1. The van der Waals surface area contributed by atoms with Crippen LogP contribution in [0.15, 0.2) is 12.5 Å². The predicted molar refractivity (Wildman–Crippen MR) is 123 cm³/mol. The molecule has 0 heterocycles. The van der Waals surface area contributed by atoms with E-state index >= 15 is 0 Å². The van der Waals surface area contributed by atoms with Crippen LogP contribution in [0.3, 0.4) is 0 Å². The lowest BCUT2D eigenvalue weighted by molar-refractivity contribution is -0.130. The Morgan fingerprint density at radius 3 is 1.75 bits per heavy atom. The second-order valence-corrected chi connectivity index (χ2v) is 7.70. The van der Waals surface area contributed by atoms with Gasteiger partial charge in [-0.15, -0.1) is 0 Å². The molecule has 0 saturated heterocycles. The molecule has 0 aliphatic heterocycles. The number of hydrogen-bond donors (Lipinski definition) is 2. The molecule has 2 N–H and O–H groups in total. The summed E-state index contributed by atoms with van der Waals surface area (Å²) in [6, 6.07) is -0.955. The summed E-state index contributed by atoms with van der Waals surface area (Å²) in [6.07, 6.45) is 1.24. The lowest BCUT2D eigenvalue weighted by Crippen LogP contribution is -2.54. The molecule has 0 aromatic heterocycles. The first-order valence-corrected chi connectivity index (χ1v) is 10.9. The average Bonchev–Trinajstić information content (AvgIpc) is 2.64. The molecule has 3 atom stereocenters. The monoisotopic (exact) mass is 402 g/mol. The maximum atomic E-state index is 12.7. The van der Waals surface area contributed by atoms with E-state index in [1.807, 2.05) is 83.1 Å². The SMILES string of the molecule is C=C(NC(C(=O)N[C@H](C(=O)CC)C(C)CC)C(C)C)OC(C)(C)C.CC.CC.[HH]. The van der Waals surface area contributed by atoms with Crippen LogP contribution in [-0.4, -0.2) is 29.4 Å². The maximum Gasteiger partial charge on any atom is 0.243 e. The number of hydrogen-bond acceptors (Lipinski definition) is 4. The van der Waals surface area contributed by atoms with E-state index in [1.165, 1.54) is 0 Å². The van der Waals surface area contributed by atoms with Crippen LogP contribution in [0.1, 0.15) is 97.4 Å². The third kappa shape index (κ3) is 13.6. The molecule has 5 heteroatoms. The second kappa shape index (κ2) is 16.4. The van der Waals surface area contributed by atoms with E-state index in [0.29, 0.717) is 12.3 Å². The summed E-state index contributed by atoms with van der Waals surface area (Å²) in [5.41, 5.74) is -0.389. The fourth-order valence-corrected chi connectivity index (χ4v) is 2.35. The lowest BCUT2D eigenvalue weighted by atomic mass is 9.93. The fraction of sp³-hybridized carbons (Fsp3) is 0.826. The zero-order valence-corrected chi connectivity index (χ0v) is 20.7. The van der Waals surface area contributed by atoms with Crippen molar-refractivity contribution in [1.82, 2.24) is 10.6 Å². The summed E-state index contributed by atoms with van der Waals surface area (Å²) < 4.78 is 5.66. The van der Waals surface area contributed by atoms with Crippen LogP contribution < -0.4 is 10.6 Å². The fourth-order valence-electron chi connectivity index (χ4n) is 2.35. The van der Waals surface area contributed by atoms with E-state index in [1.54, 1.807) is 0 Å². The van der Waals surface area contributed by atoms with Gasteiger partial charge < -0.3 is 15.4 Å². The van der Waals surface area contributed by atoms with Crippen LogP contribution in [-0.2, 0) is 14.3 Å². The Morgan fingerprint density at radius 2 is 1.43 bits per heavy atom. The molecule has 0 saturated carbocycles. The van der Waals surface area contributed by atoms with Gasteiger partial charge in [-0.25, -0.2) is 0 Å². The van der Waals surface area contributed by atoms with Crippen LogP contribution in [0.2, 0.25) is 0 Å². The average molecular weight is 403 g/mol. The Balaban J connectivity index is -0.000000584. The van der Waals surface area contributed by atoms with Gasteiger partial charge in [0.2, 0.25) is 5.91 Å². The summed E-state index contributed by atoms with van der Waals surface area (Å²) in [5.74, 6) is 0.349. The Kier molecular flexibility index (Phi) is 18.3. The van der Waals surface area contributed by atoms with E-state index in [4.69, 9.17) is 4.74 Å². The number of amides is 1. The predicted octanol–water partition coefficient (Wildman–Crippen LogP) is 5.70. The molecule has 170 valence electrons. The van der Waals surface area contributed by atoms with Crippen molar-refractivity contribution in [3.8, 4) is 0 Å². The molecule has 0 aliphatic rings. The molecule has 0 bridgehead atoms. The zero-order chi connectivity index (χ0) is 23.1. The maximum absolute atomic E-state index is 12.7. The van der Waals surface area contributed by atoms with Gasteiger partial charge in [-0.05, 0) is 39.2 Å². The highest BCUT2D eigenvalue weighted by molar-refractivity contribution is 5.91. The first kappa shape index (κ1) is 31.2. The molecule has 0 aromatic carbocycles. The van der Waals surface area contributed by atoms with E-state index in [2.05, 4.69) is 17.2 Å². The summed E-state index contributed by atoms with van der Waals surface area (Å²) in [6.45, 7) is 27.3. The Morgan fingerprint density at radius 1 is 0.964 bits per heavy atom. The summed E-state index contributed by atoms with van der Waals surface area (Å²) >= 11 is 0. The molecule has 0 fully saturated rings. The van der Waals surface area contributed by atoms with Crippen LogP contribution in [0.5, 0.6) is 0 Å². The Labute approximate surface area is 176 Å². The molecular weight excluding hydrogens is 352 g/mol. The molecule has 0 aliphatic carbocycles. The minimum Gasteiger partial charge on any atom is -0.474 e. The zero-order valence-electron chi connectivity index (χ0n) is 20.7. The van der Waals surface area contributed by atoms with Crippen molar-refractivity contribution < 1.29 is 15.8 Å². The summed E-state index contributed by atoms with van der Waals surface area (Å²) in [7, 11) is 0. The highest BCUT2D eigenvalue weighted by Gasteiger charge is 2.30. The Bertz CT molecular complexity index is 446. The lowest BCUT2D eigenvalue weighted by Gasteiger charge is -2.30. The van der Waals surface area contributed by atoms with Gasteiger partial charge in [-0.2, -0.15) is 0 Å². The van der Waals surface area contributed by atoms with Crippen LogP contribution in [0.4, 0.5) is 0 Å². The van der Waals surface area contributed by atoms with Crippen LogP contribution >= 0.6 is 0 Å². The number of rotatable bonds is 10. The van der Waals surface area contributed by atoms with Crippen molar-refractivity contribution in [3.63, 3.8) is 0 Å². The molecule has 1 amide bonds. The van der Waals surface area contributed by atoms with Crippen LogP contribution in [0.25, 0.3) is 0 Å². The van der Waals surface area contributed by atoms with E-state index in [0.717, 1.165) is 6.42 Å². The molecule has 0 rings (SSSR count). The quantitative estimate of drug-likeness (QED) is 0.460. The highest BCUT2D eigenvalue weighted by atomic mass is 16.5. The van der Waals surface area contributed by atoms with Crippen LogP contribution in [0, 0.1) is 11.8 Å². The highest BCUT2D eigenvalue weighted by Crippen LogP contribution is 2.15. The third-order valence-corrected chi connectivity index (χ3v) is 3.90. The first-order chi connectivity index (χ1) is 12.9. The van der Waals surface area contributed by atoms with E-state index in [9.17, 15) is 9.59 Å². The van der Waals surface area contributed by atoms with Gasteiger partial charge in [0.25, 0.3) is 0 Å². The number of ketones is 1. The number of carbonyl (C=O) groups excluding carboxylic acids is 2. The van der Waals surface area contributed by atoms with Gasteiger partial charge in [0.05, 0.1) is 6.04 Å². The number of ether oxygens (including phenoxy) is 1. The third-order valence-electron chi connectivity index (χ3n) is 3.90. The number of nitrogens with one attached hydrogen (secondary N) is 2. The van der Waals surface area contributed by atoms with Gasteiger partial charge in [0.15, 0.2) is 11.7 Å². The summed E-state index contributed by atoms with van der Waals surface area (Å²) in [4.78, 5) is 24.9. The van der Waals surface area contributed by atoms with E-state index < -0.39 is 12.1 Å². The Hall–Kier alpha value is -1.52. The number of Topliss-reactive ketones (excluding diaryl/α,β-unsaturated/α-hetero) is 1. The first-order valence-electron chi connectivity index (χ1n) is 10.9. The molecule has 0 spiro atoms. The smallest absolute Gasteiger partial charge is 0.243 e. The molecule has 2 unspecified atom stereocenters.